The maximum atomic E-state index is 2.46. The molecule has 0 nitrogen and oxygen atoms in total. The van der Waals surface area contributed by atoms with E-state index in [1.807, 2.05) is 0 Å². The number of allylic oxidation sites excluding steroid dienone is 2. The zero-order chi connectivity index (χ0) is 11.5. The highest BCUT2D eigenvalue weighted by atomic mass is 31.1. The molecule has 0 aromatic rings. The fourth-order valence-corrected chi connectivity index (χ4v) is 9.04. The molecule has 1 atom stereocenters. The number of hydrogen-bond donors (Lipinski definition) is 0. The second-order valence-corrected chi connectivity index (χ2v) is 9.34. The first kappa shape index (κ1) is 12.2. The first-order valence-corrected chi connectivity index (χ1v) is 9.42. The van der Waals surface area contributed by atoms with Crippen molar-refractivity contribution in [3.05, 3.63) is 12.2 Å². The Bertz CT molecular complexity index is 249. The van der Waals surface area contributed by atoms with Gasteiger partial charge in [-0.05, 0) is 74.8 Å². The molecule has 0 aromatic heterocycles. The topological polar surface area (TPSA) is 0 Å². The smallest absolute Gasteiger partial charge is 0.0201 e. The maximum Gasteiger partial charge on any atom is -0.0201 e. The van der Waals surface area contributed by atoms with Gasteiger partial charge in [-0.3, -0.25) is 0 Å². The van der Waals surface area contributed by atoms with Crippen LogP contribution >= 0.6 is 7.92 Å². The van der Waals surface area contributed by atoms with Crippen molar-refractivity contribution in [2.75, 3.05) is 0 Å². The van der Waals surface area contributed by atoms with Crippen molar-refractivity contribution >= 4 is 7.92 Å². The van der Waals surface area contributed by atoms with Gasteiger partial charge in [-0.1, -0.05) is 32.9 Å². The van der Waals surface area contributed by atoms with E-state index in [0.29, 0.717) is 7.92 Å². The Hall–Kier alpha value is 0.170. The third kappa shape index (κ3) is 2.78. The first-order valence-electron chi connectivity index (χ1n) is 7.87. The summed E-state index contributed by atoms with van der Waals surface area (Å²) in [6, 6.07) is 0. The molecule has 0 spiro atoms. The average Bonchev–Trinajstić information content (AvgIpc) is 2.27. The van der Waals surface area contributed by atoms with Crippen LogP contribution in [-0.4, -0.2) is 17.0 Å². The van der Waals surface area contributed by atoms with E-state index in [0.717, 1.165) is 5.66 Å². The molecule has 2 aliphatic heterocycles. The summed E-state index contributed by atoms with van der Waals surface area (Å²) in [6.45, 7) is 0. The first-order chi connectivity index (χ1) is 8.45. The highest BCUT2D eigenvalue weighted by Gasteiger charge is 2.39. The lowest BCUT2D eigenvalue weighted by Gasteiger charge is -2.47. The van der Waals surface area contributed by atoms with E-state index in [1.165, 1.54) is 37.0 Å². The molecule has 1 aliphatic carbocycles. The van der Waals surface area contributed by atoms with E-state index < -0.39 is 0 Å². The Labute approximate surface area is 108 Å². The molecular formula is C16H27P. The summed E-state index contributed by atoms with van der Waals surface area (Å²) in [5.41, 5.74) is 3.52. The van der Waals surface area contributed by atoms with Gasteiger partial charge in [0.1, 0.15) is 0 Å². The maximum absolute atomic E-state index is 2.46. The molecule has 2 bridgehead atoms. The fraction of sp³-hybridized carbons (Fsp3) is 0.875. The van der Waals surface area contributed by atoms with Crippen LogP contribution in [0.25, 0.3) is 0 Å². The molecule has 0 radical (unpaired) electrons. The third-order valence-corrected chi connectivity index (χ3v) is 9.23. The average molecular weight is 250 g/mol. The van der Waals surface area contributed by atoms with Gasteiger partial charge in [0, 0.05) is 0 Å². The number of fused-ring (bicyclic) bond motifs is 2. The van der Waals surface area contributed by atoms with Crippen LogP contribution in [0.3, 0.4) is 0 Å². The third-order valence-electron chi connectivity index (χ3n) is 5.16. The molecule has 2 heterocycles. The van der Waals surface area contributed by atoms with Crippen LogP contribution in [0.5, 0.6) is 0 Å². The number of rotatable bonds is 1. The van der Waals surface area contributed by atoms with Crippen LogP contribution < -0.4 is 0 Å². The van der Waals surface area contributed by atoms with Crippen molar-refractivity contribution in [1.29, 1.82) is 0 Å². The second kappa shape index (κ2) is 5.87. The van der Waals surface area contributed by atoms with E-state index in [2.05, 4.69) is 12.2 Å². The van der Waals surface area contributed by atoms with Gasteiger partial charge in [-0.15, -0.1) is 0 Å². The summed E-state index contributed by atoms with van der Waals surface area (Å²) in [5, 5.41) is 0. The standard InChI is InChI=1S/C16H27P/c1-2-4-8-14(9-5-3-1)17-15-10-6-11-16(17)13-7-12-15/h1-2,14-16H,3-13H2/b2-1-. The lowest BCUT2D eigenvalue weighted by Crippen LogP contribution is -2.31. The molecule has 0 amide bonds. The summed E-state index contributed by atoms with van der Waals surface area (Å²) in [6.07, 6.45) is 21.6. The van der Waals surface area contributed by atoms with Gasteiger partial charge in [0.15, 0.2) is 0 Å². The van der Waals surface area contributed by atoms with Crippen LogP contribution in [0, 0.1) is 0 Å². The van der Waals surface area contributed by atoms with E-state index >= 15 is 0 Å². The SMILES string of the molecule is C1=C\CCC(P2C3CCCC2CCC3)CCC/1. The molecule has 3 rings (SSSR count). The normalized spacial score (nSPS) is 44.7. The monoisotopic (exact) mass is 250 g/mol. The van der Waals surface area contributed by atoms with E-state index in [1.54, 1.807) is 44.9 Å². The number of hydrogen-bond acceptors (Lipinski definition) is 0. The lowest BCUT2D eigenvalue weighted by atomic mass is 9.98. The Morgan fingerprint density at radius 3 is 1.82 bits per heavy atom. The predicted octanol–water partition coefficient (Wildman–Crippen LogP) is 5.46. The summed E-state index contributed by atoms with van der Waals surface area (Å²) in [5.74, 6) is 0. The van der Waals surface area contributed by atoms with Crippen molar-refractivity contribution in [2.45, 2.75) is 87.6 Å². The predicted molar refractivity (Wildman–Crippen MR) is 78.2 cm³/mol. The summed E-state index contributed by atoms with van der Waals surface area (Å²) >= 11 is 0. The minimum absolute atomic E-state index is 0.409. The Morgan fingerprint density at radius 1 is 0.588 bits per heavy atom. The summed E-state index contributed by atoms with van der Waals surface area (Å²) in [4.78, 5) is 0. The van der Waals surface area contributed by atoms with Crippen molar-refractivity contribution in [3.63, 3.8) is 0 Å². The molecule has 0 N–H and O–H groups in total. The highest BCUT2D eigenvalue weighted by Crippen LogP contribution is 2.64. The molecule has 1 heteroatoms. The molecule has 2 saturated heterocycles. The van der Waals surface area contributed by atoms with Crippen molar-refractivity contribution < 1.29 is 0 Å². The second-order valence-electron chi connectivity index (χ2n) is 6.25. The molecule has 2 fully saturated rings. The zero-order valence-electron chi connectivity index (χ0n) is 11.1. The Balaban J connectivity index is 1.70. The minimum atomic E-state index is 0.409. The molecular weight excluding hydrogens is 223 g/mol. The van der Waals surface area contributed by atoms with Gasteiger partial charge in [-0.25, -0.2) is 0 Å². The van der Waals surface area contributed by atoms with Gasteiger partial charge in [0.2, 0.25) is 0 Å². The van der Waals surface area contributed by atoms with Gasteiger partial charge in [0.05, 0.1) is 0 Å². The largest absolute Gasteiger partial charge is 0.0971 e. The molecule has 0 aromatic carbocycles. The van der Waals surface area contributed by atoms with Gasteiger partial charge in [-0.2, -0.15) is 0 Å². The van der Waals surface area contributed by atoms with Gasteiger partial charge >= 0.3 is 0 Å². The molecule has 0 saturated carbocycles. The van der Waals surface area contributed by atoms with Crippen molar-refractivity contribution in [1.82, 2.24) is 0 Å². The molecule has 96 valence electrons. The summed E-state index contributed by atoms with van der Waals surface area (Å²) in [7, 11) is 0.409. The lowest BCUT2D eigenvalue weighted by molar-refractivity contribution is 0.464. The van der Waals surface area contributed by atoms with Crippen molar-refractivity contribution in [3.8, 4) is 0 Å². The van der Waals surface area contributed by atoms with Crippen LogP contribution in [0.15, 0.2) is 12.2 Å². The molecule has 17 heavy (non-hydrogen) atoms. The summed E-state index contributed by atoms with van der Waals surface area (Å²) < 4.78 is 0. The minimum Gasteiger partial charge on any atom is -0.0971 e. The van der Waals surface area contributed by atoms with E-state index in [4.69, 9.17) is 0 Å². The highest BCUT2D eigenvalue weighted by molar-refractivity contribution is 7.60. The van der Waals surface area contributed by atoms with Crippen LogP contribution in [0.4, 0.5) is 0 Å². The molecule has 3 aliphatic rings. The fourth-order valence-electron chi connectivity index (χ4n) is 4.40. The Kier molecular flexibility index (Phi) is 4.22. The van der Waals surface area contributed by atoms with Crippen LogP contribution in [0.2, 0.25) is 0 Å². The quantitative estimate of drug-likeness (QED) is 0.428. The van der Waals surface area contributed by atoms with E-state index in [-0.39, 0.29) is 0 Å². The van der Waals surface area contributed by atoms with E-state index in [9.17, 15) is 0 Å². The van der Waals surface area contributed by atoms with Gasteiger partial charge in [0.25, 0.3) is 0 Å². The van der Waals surface area contributed by atoms with Crippen molar-refractivity contribution in [2.24, 2.45) is 0 Å². The van der Waals surface area contributed by atoms with Crippen LogP contribution in [-0.2, 0) is 0 Å². The Morgan fingerprint density at radius 2 is 1.12 bits per heavy atom. The van der Waals surface area contributed by atoms with Gasteiger partial charge < -0.3 is 0 Å². The molecule has 1 unspecified atom stereocenters. The zero-order valence-corrected chi connectivity index (χ0v) is 12.0. The van der Waals surface area contributed by atoms with Crippen LogP contribution in [0.1, 0.15) is 70.6 Å².